The summed E-state index contributed by atoms with van der Waals surface area (Å²) in [6.07, 6.45) is 3.49. The molecule has 1 saturated heterocycles. The van der Waals surface area contributed by atoms with Gasteiger partial charge in [0.1, 0.15) is 0 Å². The van der Waals surface area contributed by atoms with E-state index in [9.17, 15) is 9.59 Å². The molecule has 3 aromatic rings. The van der Waals surface area contributed by atoms with Crippen LogP contribution in [0.2, 0.25) is 5.02 Å². The van der Waals surface area contributed by atoms with Gasteiger partial charge in [-0.25, -0.2) is 4.90 Å². The van der Waals surface area contributed by atoms with E-state index in [0.717, 1.165) is 11.1 Å². The molecule has 1 aliphatic rings. The number of halogens is 1. The summed E-state index contributed by atoms with van der Waals surface area (Å²) < 4.78 is 0. The molecular weight excluding hydrogens is 370 g/mol. The molecule has 0 spiro atoms. The second-order valence-electron chi connectivity index (χ2n) is 6.36. The number of para-hydroxylation sites is 1. The lowest BCUT2D eigenvalue weighted by atomic mass is 10.0. The van der Waals surface area contributed by atoms with Crippen LogP contribution in [-0.2, 0) is 9.59 Å². The van der Waals surface area contributed by atoms with Gasteiger partial charge in [-0.3, -0.25) is 9.59 Å². The Balaban J connectivity index is 1.85. The van der Waals surface area contributed by atoms with Gasteiger partial charge in [0.05, 0.1) is 16.8 Å². The van der Waals surface area contributed by atoms with Crippen molar-refractivity contribution in [3.05, 3.63) is 112 Å². The Morgan fingerprint density at radius 2 is 1.07 bits per heavy atom. The van der Waals surface area contributed by atoms with Crippen LogP contribution < -0.4 is 4.90 Å². The molecule has 0 saturated carbocycles. The van der Waals surface area contributed by atoms with Gasteiger partial charge in [-0.2, -0.15) is 0 Å². The third-order valence-corrected chi connectivity index (χ3v) is 4.72. The van der Waals surface area contributed by atoms with Gasteiger partial charge in [-0.1, -0.05) is 72.3 Å². The molecule has 1 fully saturated rings. The molecule has 0 bridgehead atoms. The van der Waals surface area contributed by atoms with Crippen LogP contribution in [0.4, 0.5) is 5.69 Å². The molecule has 136 valence electrons. The number of carbonyl (C=O) groups excluding carboxylic acids is 2. The highest BCUT2D eigenvalue weighted by molar-refractivity contribution is 6.39. The number of rotatable bonds is 3. The summed E-state index contributed by atoms with van der Waals surface area (Å²) in [5, 5.41) is 0.613. The number of hydrogen-bond donors (Lipinski definition) is 0. The smallest absolute Gasteiger partial charge is 0.266 e. The van der Waals surface area contributed by atoms with E-state index >= 15 is 0 Å². The number of carbonyl (C=O) groups is 2. The lowest BCUT2D eigenvalue weighted by Crippen LogP contribution is -2.29. The summed E-state index contributed by atoms with van der Waals surface area (Å²) >= 11 is 5.96. The quantitative estimate of drug-likeness (QED) is 0.448. The third-order valence-electron chi connectivity index (χ3n) is 4.46. The molecule has 3 nitrogen and oxygen atoms in total. The first-order chi connectivity index (χ1) is 13.6. The Bertz CT molecular complexity index is 1080. The van der Waals surface area contributed by atoms with Crippen LogP contribution in [0.5, 0.6) is 0 Å². The molecule has 28 heavy (non-hydrogen) atoms. The SMILES string of the molecule is O=C1C(=C\c2ccccc2)/C(=C\c2ccc(Cl)cc2)C(=O)N1c1ccccc1. The maximum Gasteiger partial charge on any atom is 0.266 e. The molecule has 1 aliphatic heterocycles. The standard InChI is InChI=1S/C24H16ClNO2/c25-19-13-11-18(12-14-19)16-22-21(15-17-7-3-1-4-8-17)23(27)26(24(22)28)20-9-5-2-6-10-20/h1-16H/b21-15-,22-16+. The summed E-state index contributed by atoms with van der Waals surface area (Å²) in [5.41, 5.74) is 2.94. The van der Waals surface area contributed by atoms with Gasteiger partial charge in [0.2, 0.25) is 0 Å². The zero-order valence-electron chi connectivity index (χ0n) is 14.9. The van der Waals surface area contributed by atoms with Gasteiger partial charge < -0.3 is 0 Å². The van der Waals surface area contributed by atoms with Gasteiger partial charge in [-0.05, 0) is 47.5 Å². The number of hydrogen-bond acceptors (Lipinski definition) is 2. The lowest BCUT2D eigenvalue weighted by molar-refractivity contribution is -0.119. The summed E-state index contributed by atoms with van der Waals surface area (Å²) in [6, 6.07) is 25.6. The van der Waals surface area contributed by atoms with E-state index in [1.165, 1.54) is 4.90 Å². The molecule has 0 N–H and O–H groups in total. The highest BCUT2D eigenvalue weighted by Crippen LogP contribution is 2.32. The molecule has 0 atom stereocenters. The predicted octanol–water partition coefficient (Wildman–Crippen LogP) is 5.38. The predicted molar refractivity (Wildman–Crippen MR) is 113 cm³/mol. The molecule has 0 unspecified atom stereocenters. The fourth-order valence-electron chi connectivity index (χ4n) is 3.10. The Hall–Kier alpha value is -3.43. The number of amides is 2. The number of nitrogens with zero attached hydrogens (tertiary/aromatic N) is 1. The van der Waals surface area contributed by atoms with Gasteiger partial charge in [0, 0.05) is 5.02 Å². The molecular formula is C24H16ClNO2. The van der Waals surface area contributed by atoms with Crippen molar-refractivity contribution in [1.29, 1.82) is 0 Å². The van der Waals surface area contributed by atoms with Gasteiger partial charge in [-0.15, -0.1) is 0 Å². The molecule has 4 rings (SSSR count). The molecule has 1 heterocycles. The van der Waals surface area contributed by atoms with Crippen LogP contribution in [-0.4, -0.2) is 11.8 Å². The Morgan fingerprint density at radius 1 is 0.607 bits per heavy atom. The van der Waals surface area contributed by atoms with Crippen molar-refractivity contribution in [1.82, 2.24) is 0 Å². The number of benzene rings is 3. The van der Waals surface area contributed by atoms with E-state index < -0.39 is 0 Å². The number of imide groups is 1. The van der Waals surface area contributed by atoms with Crippen molar-refractivity contribution >= 4 is 41.3 Å². The average molecular weight is 386 g/mol. The molecule has 3 aromatic carbocycles. The summed E-state index contributed by atoms with van der Waals surface area (Å²) in [6.45, 7) is 0. The minimum Gasteiger partial charge on any atom is -0.268 e. The van der Waals surface area contributed by atoms with Crippen molar-refractivity contribution < 1.29 is 9.59 Å². The highest BCUT2D eigenvalue weighted by Gasteiger charge is 2.39. The zero-order valence-corrected chi connectivity index (χ0v) is 15.6. The fraction of sp³-hybridized carbons (Fsp3) is 0. The van der Waals surface area contributed by atoms with Crippen LogP contribution in [0.1, 0.15) is 11.1 Å². The van der Waals surface area contributed by atoms with Crippen LogP contribution in [0.15, 0.2) is 96.1 Å². The van der Waals surface area contributed by atoms with Gasteiger partial charge in [0.15, 0.2) is 0 Å². The maximum atomic E-state index is 13.2. The Kier molecular flexibility index (Phi) is 4.92. The Labute approximate surface area is 168 Å². The second kappa shape index (κ2) is 7.67. The largest absolute Gasteiger partial charge is 0.268 e. The first kappa shape index (κ1) is 18.0. The third kappa shape index (κ3) is 3.53. The van der Waals surface area contributed by atoms with Crippen molar-refractivity contribution in [3.63, 3.8) is 0 Å². The first-order valence-corrected chi connectivity index (χ1v) is 9.19. The fourth-order valence-corrected chi connectivity index (χ4v) is 3.22. The molecule has 0 radical (unpaired) electrons. The molecule has 0 aromatic heterocycles. The average Bonchev–Trinajstić information content (AvgIpc) is 2.95. The molecule has 4 heteroatoms. The van der Waals surface area contributed by atoms with E-state index in [0.29, 0.717) is 21.9 Å². The summed E-state index contributed by atoms with van der Waals surface area (Å²) in [7, 11) is 0. The maximum absolute atomic E-state index is 13.2. The molecule has 0 aliphatic carbocycles. The van der Waals surface area contributed by atoms with Gasteiger partial charge in [0.25, 0.3) is 11.8 Å². The van der Waals surface area contributed by atoms with E-state index in [1.54, 1.807) is 48.6 Å². The minimum atomic E-state index is -0.340. The monoisotopic (exact) mass is 385 g/mol. The second-order valence-corrected chi connectivity index (χ2v) is 6.80. The topological polar surface area (TPSA) is 37.4 Å². The van der Waals surface area contributed by atoms with Crippen LogP contribution in [0, 0.1) is 0 Å². The normalized spacial score (nSPS) is 17.0. The summed E-state index contributed by atoms with van der Waals surface area (Å²) in [5.74, 6) is -0.673. The summed E-state index contributed by atoms with van der Waals surface area (Å²) in [4.78, 5) is 27.5. The highest BCUT2D eigenvalue weighted by atomic mass is 35.5. The van der Waals surface area contributed by atoms with E-state index in [1.807, 2.05) is 48.5 Å². The van der Waals surface area contributed by atoms with Crippen molar-refractivity contribution in [2.45, 2.75) is 0 Å². The number of anilines is 1. The zero-order chi connectivity index (χ0) is 19.5. The van der Waals surface area contributed by atoms with Crippen molar-refractivity contribution in [3.8, 4) is 0 Å². The lowest BCUT2D eigenvalue weighted by Gasteiger charge is -2.12. The van der Waals surface area contributed by atoms with E-state index in [4.69, 9.17) is 11.6 Å². The Morgan fingerprint density at radius 3 is 1.61 bits per heavy atom. The minimum absolute atomic E-state index is 0.333. The van der Waals surface area contributed by atoms with Crippen LogP contribution in [0.3, 0.4) is 0 Å². The van der Waals surface area contributed by atoms with E-state index in [2.05, 4.69) is 0 Å². The van der Waals surface area contributed by atoms with Crippen molar-refractivity contribution in [2.75, 3.05) is 4.90 Å². The van der Waals surface area contributed by atoms with Crippen LogP contribution in [0.25, 0.3) is 12.2 Å². The van der Waals surface area contributed by atoms with Crippen LogP contribution >= 0.6 is 11.6 Å². The van der Waals surface area contributed by atoms with Crippen molar-refractivity contribution in [2.24, 2.45) is 0 Å². The first-order valence-electron chi connectivity index (χ1n) is 8.82. The van der Waals surface area contributed by atoms with E-state index in [-0.39, 0.29) is 11.8 Å². The van der Waals surface area contributed by atoms with Gasteiger partial charge >= 0.3 is 0 Å². The molecule has 2 amide bonds.